The molecule has 1 aromatic heterocycles. The fourth-order valence-electron chi connectivity index (χ4n) is 2.48. The average Bonchev–Trinajstić information content (AvgIpc) is 2.71. The van der Waals surface area contributed by atoms with Crippen molar-refractivity contribution in [2.75, 3.05) is 11.5 Å². The van der Waals surface area contributed by atoms with Crippen LogP contribution < -0.4 is 5.73 Å². The minimum atomic E-state index is -4.46. The highest BCUT2D eigenvalue weighted by molar-refractivity contribution is 7.99. The molecule has 0 aliphatic rings. The topological polar surface area (TPSA) is 89.1 Å². The number of hydrogen-bond acceptors (Lipinski definition) is 5. The van der Waals surface area contributed by atoms with Crippen LogP contribution in [0.4, 0.5) is 13.2 Å². The summed E-state index contributed by atoms with van der Waals surface area (Å²) in [4.78, 5) is 18.7. The van der Waals surface area contributed by atoms with Gasteiger partial charge in [-0.05, 0) is 42.5 Å². The third-order valence-corrected chi connectivity index (χ3v) is 5.68. The molecule has 0 radical (unpaired) electrons. The molecule has 2 unspecified atom stereocenters. The lowest BCUT2D eigenvalue weighted by atomic mass is 9.99. The lowest BCUT2D eigenvalue weighted by molar-refractivity contribution is -0.150. The zero-order chi connectivity index (χ0) is 23.6. The van der Waals surface area contributed by atoms with E-state index in [1.165, 1.54) is 17.8 Å². The number of nitrogens with zero attached hydrogens (tertiary/aromatic N) is 2. The van der Waals surface area contributed by atoms with Crippen molar-refractivity contribution in [3.05, 3.63) is 46.2 Å². The molecule has 2 atom stereocenters. The first-order valence-corrected chi connectivity index (χ1v) is 11.4. The molecule has 3 N–H and O–H groups in total. The third-order valence-electron chi connectivity index (χ3n) is 4.08. The van der Waals surface area contributed by atoms with Crippen LogP contribution in [-0.4, -0.2) is 44.8 Å². The second kappa shape index (κ2) is 13.1. The number of halogens is 5. The first-order chi connectivity index (χ1) is 14.6. The molecule has 1 aromatic carbocycles. The van der Waals surface area contributed by atoms with Gasteiger partial charge in [-0.15, -0.1) is 0 Å². The summed E-state index contributed by atoms with van der Waals surface area (Å²) < 4.78 is 40.4. The quantitative estimate of drug-likeness (QED) is 0.410. The van der Waals surface area contributed by atoms with Crippen LogP contribution in [0, 0.1) is 0 Å². The van der Waals surface area contributed by atoms with E-state index in [0.717, 1.165) is 12.4 Å². The Kier molecular flexibility index (Phi) is 11.6. The molecule has 0 fully saturated rings. The Morgan fingerprint density at radius 2 is 1.74 bits per heavy atom. The predicted molar refractivity (Wildman–Crippen MR) is 120 cm³/mol. The molecule has 0 aliphatic carbocycles. The van der Waals surface area contributed by atoms with Crippen molar-refractivity contribution in [3.63, 3.8) is 0 Å². The number of hydrogen-bond donors (Lipinski definition) is 2. The molecule has 0 saturated heterocycles. The Morgan fingerprint density at radius 3 is 2.26 bits per heavy atom. The van der Waals surface area contributed by atoms with E-state index < -0.39 is 24.1 Å². The zero-order valence-corrected chi connectivity index (χ0v) is 19.3. The van der Waals surface area contributed by atoms with Crippen LogP contribution in [-0.2, 0) is 4.79 Å². The predicted octanol–water partition coefficient (Wildman–Crippen LogP) is 6.05. The van der Waals surface area contributed by atoms with Gasteiger partial charge < -0.3 is 10.8 Å². The van der Waals surface area contributed by atoms with E-state index in [2.05, 4.69) is 9.97 Å². The summed E-state index contributed by atoms with van der Waals surface area (Å²) in [7, 11) is 0. The molecule has 1 heterocycles. The maximum atomic E-state index is 13.5. The Bertz CT molecular complexity index is 839. The number of rotatable bonds is 9. The monoisotopic (exact) mass is 497 g/mol. The molecule has 0 bridgehead atoms. The number of carboxylic acid groups (broad SMARTS) is 1. The summed E-state index contributed by atoms with van der Waals surface area (Å²) in [6, 6.07) is 3.68. The number of benzene rings is 1. The highest BCUT2D eigenvalue weighted by Crippen LogP contribution is 2.38. The van der Waals surface area contributed by atoms with Crippen LogP contribution in [0.3, 0.4) is 0 Å². The van der Waals surface area contributed by atoms with Crippen LogP contribution in [0.1, 0.15) is 38.2 Å². The van der Waals surface area contributed by atoms with E-state index in [1.807, 2.05) is 13.8 Å². The van der Waals surface area contributed by atoms with Gasteiger partial charge in [0, 0.05) is 28.5 Å². The fraction of sp³-hybridized carbons (Fsp3) is 0.450. The van der Waals surface area contributed by atoms with Crippen LogP contribution in [0.5, 0.6) is 0 Å². The van der Waals surface area contributed by atoms with E-state index in [-0.39, 0.29) is 30.0 Å². The Balaban J connectivity index is 0.00000233. The summed E-state index contributed by atoms with van der Waals surface area (Å²) in [5.41, 5.74) is 5.80. The highest BCUT2D eigenvalue weighted by atomic mass is 35.5. The Labute approximate surface area is 193 Å². The number of thioether (sulfide) groups is 1. The molecule has 31 heavy (non-hydrogen) atoms. The molecule has 2 aromatic rings. The van der Waals surface area contributed by atoms with Crippen molar-refractivity contribution < 1.29 is 23.1 Å². The number of nitrogens with two attached hydrogens (primary N) is 1. The molecule has 0 amide bonds. The van der Waals surface area contributed by atoms with E-state index in [9.17, 15) is 18.0 Å². The maximum absolute atomic E-state index is 13.5. The molecule has 0 spiro atoms. The first kappa shape index (κ1) is 27.5. The van der Waals surface area contributed by atoms with Crippen molar-refractivity contribution in [3.8, 4) is 11.4 Å². The van der Waals surface area contributed by atoms with Gasteiger partial charge >= 0.3 is 12.1 Å². The molecule has 0 saturated carbocycles. The third kappa shape index (κ3) is 8.84. The summed E-state index contributed by atoms with van der Waals surface area (Å²) in [5, 5.41) is 9.43. The van der Waals surface area contributed by atoms with E-state index >= 15 is 0 Å². The van der Waals surface area contributed by atoms with Gasteiger partial charge in [-0.3, -0.25) is 4.79 Å². The van der Waals surface area contributed by atoms with Gasteiger partial charge in [0.1, 0.15) is 6.04 Å². The number of aromatic nitrogens is 2. The molecule has 2 rings (SSSR count). The van der Waals surface area contributed by atoms with E-state index in [0.29, 0.717) is 21.4 Å². The number of carboxylic acids is 1. The average molecular weight is 498 g/mol. The second-order valence-electron chi connectivity index (χ2n) is 6.19. The van der Waals surface area contributed by atoms with Gasteiger partial charge in [0.2, 0.25) is 0 Å². The standard InChI is InChI=1S/C18H18Cl2F3N3O2S.C2H6/c19-11-1-2-12(14(20)7-11)16-25-8-10(9-26-16)13(18(21,22)23)3-5-29-6-4-15(24)17(27)28;1-2/h1-2,7-9,13,15H,3-6,24H2,(H,27,28);1-2H3. The lowest BCUT2D eigenvalue weighted by Crippen LogP contribution is -2.30. The summed E-state index contributed by atoms with van der Waals surface area (Å²) >= 11 is 13.2. The molecule has 0 aliphatic heterocycles. The van der Waals surface area contributed by atoms with Crippen LogP contribution in [0.25, 0.3) is 11.4 Å². The number of alkyl halides is 3. The zero-order valence-electron chi connectivity index (χ0n) is 17.0. The summed E-state index contributed by atoms with van der Waals surface area (Å²) in [6.07, 6.45) is -2.15. The van der Waals surface area contributed by atoms with Crippen molar-refractivity contribution >= 4 is 40.9 Å². The first-order valence-electron chi connectivity index (χ1n) is 9.49. The number of carbonyl (C=O) groups is 1. The van der Waals surface area contributed by atoms with Crippen molar-refractivity contribution in [2.24, 2.45) is 5.73 Å². The molecule has 5 nitrogen and oxygen atoms in total. The van der Waals surface area contributed by atoms with E-state index in [4.69, 9.17) is 34.0 Å². The highest BCUT2D eigenvalue weighted by Gasteiger charge is 2.40. The van der Waals surface area contributed by atoms with Gasteiger partial charge in [-0.2, -0.15) is 24.9 Å². The molecular formula is C20H24Cl2F3N3O2S. The fourth-order valence-corrected chi connectivity index (χ4v) is 4.00. The van der Waals surface area contributed by atoms with Gasteiger partial charge in [-0.1, -0.05) is 37.0 Å². The van der Waals surface area contributed by atoms with Gasteiger partial charge in [-0.25, -0.2) is 9.97 Å². The Hall–Kier alpha value is -1.55. The molecule has 172 valence electrons. The SMILES string of the molecule is CC.NC(CCSCCC(c1cnc(-c2ccc(Cl)cc2Cl)nc1)C(F)(F)F)C(=O)O. The van der Waals surface area contributed by atoms with Gasteiger partial charge in [0.25, 0.3) is 0 Å². The lowest BCUT2D eigenvalue weighted by Gasteiger charge is -2.20. The minimum Gasteiger partial charge on any atom is -0.480 e. The smallest absolute Gasteiger partial charge is 0.395 e. The summed E-state index contributed by atoms with van der Waals surface area (Å²) in [6.45, 7) is 4.00. The normalized spacial score (nSPS) is 13.2. The second-order valence-corrected chi connectivity index (χ2v) is 8.26. The van der Waals surface area contributed by atoms with Gasteiger partial charge in [0.15, 0.2) is 5.82 Å². The minimum absolute atomic E-state index is 0.0471. The van der Waals surface area contributed by atoms with Crippen LogP contribution in [0.2, 0.25) is 10.0 Å². The van der Waals surface area contributed by atoms with Crippen LogP contribution in [0.15, 0.2) is 30.6 Å². The Morgan fingerprint density at radius 1 is 1.16 bits per heavy atom. The summed E-state index contributed by atoms with van der Waals surface area (Å²) in [5.74, 6) is -2.09. The molecule has 11 heteroatoms. The number of aliphatic carboxylic acids is 1. The van der Waals surface area contributed by atoms with Crippen molar-refractivity contribution in [1.29, 1.82) is 0 Å². The van der Waals surface area contributed by atoms with Gasteiger partial charge in [0.05, 0.1) is 10.9 Å². The van der Waals surface area contributed by atoms with Crippen molar-refractivity contribution in [1.82, 2.24) is 9.97 Å². The van der Waals surface area contributed by atoms with Crippen LogP contribution >= 0.6 is 35.0 Å². The maximum Gasteiger partial charge on any atom is 0.395 e. The van der Waals surface area contributed by atoms with Crippen molar-refractivity contribution in [2.45, 2.75) is 44.8 Å². The largest absolute Gasteiger partial charge is 0.480 e. The molecular weight excluding hydrogens is 474 g/mol. The van der Waals surface area contributed by atoms with E-state index in [1.54, 1.807) is 12.1 Å².